The zero-order valence-electron chi connectivity index (χ0n) is 15.0. The van der Waals surface area contributed by atoms with E-state index >= 15 is 0 Å². The number of hydrogen-bond acceptors (Lipinski definition) is 6. The predicted octanol–water partition coefficient (Wildman–Crippen LogP) is 1.46. The highest BCUT2D eigenvalue weighted by Crippen LogP contribution is 2.26. The van der Waals surface area contributed by atoms with Gasteiger partial charge < -0.3 is 20.3 Å². The zero-order valence-corrected chi connectivity index (χ0v) is 15.0. The van der Waals surface area contributed by atoms with E-state index in [4.69, 9.17) is 4.74 Å². The molecule has 7 nitrogen and oxygen atoms in total. The van der Waals surface area contributed by atoms with E-state index in [0.717, 1.165) is 24.5 Å². The highest BCUT2D eigenvalue weighted by molar-refractivity contribution is 6.13. The molecule has 7 heteroatoms. The van der Waals surface area contributed by atoms with Crippen molar-refractivity contribution in [3.63, 3.8) is 0 Å². The summed E-state index contributed by atoms with van der Waals surface area (Å²) < 4.78 is 5.37. The number of carbonyl (C=O) groups is 2. The fourth-order valence-electron chi connectivity index (χ4n) is 3.34. The summed E-state index contributed by atoms with van der Waals surface area (Å²) in [5.41, 5.74) is 2.02. The van der Waals surface area contributed by atoms with Crippen LogP contribution in [0.1, 0.15) is 16.1 Å². The molecule has 1 aromatic carbocycles. The quantitative estimate of drug-likeness (QED) is 0.797. The fraction of sp³-hybridized carbons (Fsp3) is 0.350. The maximum atomic E-state index is 12.9. The number of Topliss-reactive ketones (excluding diaryl/α,β-unsaturated/α-hetero) is 1. The van der Waals surface area contributed by atoms with E-state index in [1.807, 2.05) is 42.5 Å². The molecule has 0 aliphatic carbocycles. The summed E-state index contributed by atoms with van der Waals surface area (Å²) >= 11 is 0. The number of ketones is 1. The highest BCUT2D eigenvalue weighted by atomic mass is 16.5. The van der Waals surface area contributed by atoms with Crippen LogP contribution in [0.3, 0.4) is 0 Å². The molecular formula is C20H22N4O3. The largest absolute Gasteiger partial charge is 0.382 e. The third-order valence-electron chi connectivity index (χ3n) is 4.89. The first-order valence-corrected chi connectivity index (χ1v) is 9.16. The number of aromatic nitrogens is 1. The van der Waals surface area contributed by atoms with Gasteiger partial charge in [-0.1, -0.05) is 30.3 Å². The van der Waals surface area contributed by atoms with Crippen LogP contribution in [-0.2, 0) is 16.1 Å². The molecule has 0 spiro atoms. The summed E-state index contributed by atoms with van der Waals surface area (Å²) in [6.07, 6.45) is 0. The Morgan fingerprint density at radius 1 is 1.19 bits per heavy atom. The van der Waals surface area contributed by atoms with E-state index in [1.165, 1.54) is 0 Å². The van der Waals surface area contributed by atoms with Crippen molar-refractivity contribution < 1.29 is 14.3 Å². The van der Waals surface area contributed by atoms with Crippen LogP contribution in [0.5, 0.6) is 0 Å². The third-order valence-corrected chi connectivity index (χ3v) is 4.89. The van der Waals surface area contributed by atoms with Gasteiger partial charge in [-0.3, -0.25) is 9.59 Å². The van der Waals surface area contributed by atoms with Crippen LogP contribution in [0.4, 0.5) is 11.5 Å². The molecule has 1 atom stereocenters. The lowest BCUT2D eigenvalue weighted by atomic mass is 9.95. The summed E-state index contributed by atoms with van der Waals surface area (Å²) in [5.74, 6) is -0.531. The normalized spacial score (nSPS) is 19.2. The van der Waals surface area contributed by atoms with Crippen LogP contribution in [0, 0.1) is 5.92 Å². The number of anilines is 2. The second kappa shape index (κ2) is 7.75. The number of morpholine rings is 1. The van der Waals surface area contributed by atoms with Gasteiger partial charge in [0.2, 0.25) is 5.91 Å². The van der Waals surface area contributed by atoms with Crippen molar-refractivity contribution in [2.75, 3.05) is 43.1 Å². The maximum Gasteiger partial charge on any atom is 0.233 e. The van der Waals surface area contributed by atoms with E-state index in [9.17, 15) is 9.59 Å². The van der Waals surface area contributed by atoms with E-state index < -0.39 is 5.92 Å². The number of ether oxygens (including phenoxy) is 1. The van der Waals surface area contributed by atoms with Gasteiger partial charge in [0.25, 0.3) is 0 Å². The first kappa shape index (κ1) is 17.5. The van der Waals surface area contributed by atoms with Gasteiger partial charge in [-0.15, -0.1) is 0 Å². The van der Waals surface area contributed by atoms with E-state index in [0.29, 0.717) is 31.1 Å². The number of amides is 1. The fourth-order valence-corrected chi connectivity index (χ4v) is 3.34. The Morgan fingerprint density at radius 2 is 1.96 bits per heavy atom. The van der Waals surface area contributed by atoms with Crippen molar-refractivity contribution in [1.82, 2.24) is 10.3 Å². The zero-order chi connectivity index (χ0) is 18.6. The van der Waals surface area contributed by atoms with E-state index in [1.54, 1.807) is 0 Å². The molecule has 1 unspecified atom stereocenters. The van der Waals surface area contributed by atoms with Gasteiger partial charge >= 0.3 is 0 Å². The van der Waals surface area contributed by atoms with E-state index in [2.05, 4.69) is 20.5 Å². The first-order chi connectivity index (χ1) is 13.2. The van der Waals surface area contributed by atoms with Crippen LogP contribution in [-0.4, -0.2) is 49.5 Å². The minimum atomic E-state index is -0.770. The monoisotopic (exact) mass is 366 g/mol. The number of nitrogens with zero attached hydrogens (tertiary/aromatic N) is 2. The number of hydrogen-bond donors (Lipinski definition) is 2. The number of pyridine rings is 1. The van der Waals surface area contributed by atoms with Crippen molar-refractivity contribution in [3.05, 3.63) is 53.7 Å². The standard InChI is InChI=1S/C20H22N4O3/c25-19-15(20(26)22-12-14-4-2-1-3-5-14)13-21-16-6-7-17(23-18(16)19)24-8-10-27-11-9-24/h1-7,15,21H,8-13H2,(H,22,26). The van der Waals surface area contributed by atoms with Crippen molar-refractivity contribution in [3.8, 4) is 0 Å². The molecule has 27 heavy (non-hydrogen) atoms. The molecule has 1 amide bonds. The van der Waals surface area contributed by atoms with Crippen LogP contribution in [0.2, 0.25) is 0 Å². The third kappa shape index (κ3) is 3.78. The summed E-state index contributed by atoms with van der Waals surface area (Å²) in [6, 6.07) is 13.4. The molecule has 3 heterocycles. The van der Waals surface area contributed by atoms with Gasteiger partial charge in [-0.05, 0) is 17.7 Å². The lowest BCUT2D eigenvalue weighted by molar-refractivity contribution is -0.123. The van der Waals surface area contributed by atoms with Gasteiger partial charge in [0.05, 0.1) is 18.9 Å². The topological polar surface area (TPSA) is 83.6 Å². The molecule has 2 N–H and O–H groups in total. The van der Waals surface area contributed by atoms with Crippen molar-refractivity contribution in [2.45, 2.75) is 6.54 Å². The Balaban J connectivity index is 1.47. The molecule has 0 radical (unpaired) electrons. The summed E-state index contributed by atoms with van der Waals surface area (Å²) in [6.45, 7) is 3.47. The lowest BCUT2D eigenvalue weighted by Crippen LogP contribution is -2.42. The molecule has 2 aromatic rings. The van der Waals surface area contributed by atoms with Crippen LogP contribution in [0.15, 0.2) is 42.5 Å². The summed E-state index contributed by atoms with van der Waals surface area (Å²) in [4.78, 5) is 32.1. The average Bonchev–Trinajstić information content (AvgIpc) is 2.73. The van der Waals surface area contributed by atoms with Crippen LogP contribution in [0.25, 0.3) is 0 Å². The van der Waals surface area contributed by atoms with Crippen molar-refractivity contribution in [1.29, 1.82) is 0 Å². The van der Waals surface area contributed by atoms with Crippen molar-refractivity contribution >= 4 is 23.2 Å². The Bertz CT molecular complexity index is 834. The smallest absolute Gasteiger partial charge is 0.233 e. The maximum absolute atomic E-state index is 12.9. The SMILES string of the molecule is O=C(NCc1ccccc1)C1CNc2ccc(N3CCOCC3)nc2C1=O. The lowest BCUT2D eigenvalue weighted by Gasteiger charge is -2.29. The second-order valence-electron chi connectivity index (χ2n) is 6.67. The molecule has 140 valence electrons. The molecule has 0 bridgehead atoms. The minimum absolute atomic E-state index is 0.232. The molecular weight excluding hydrogens is 344 g/mol. The molecule has 1 saturated heterocycles. The summed E-state index contributed by atoms with van der Waals surface area (Å²) in [5, 5.41) is 6.02. The van der Waals surface area contributed by atoms with E-state index in [-0.39, 0.29) is 18.2 Å². The summed E-state index contributed by atoms with van der Waals surface area (Å²) in [7, 11) is 0. The van der Waals surface area contributed by atoms with Crippen molar-refractivity contribution in [2.24, 2.45) is 5.92 Å². The molecule has 1 aromatic heterocycles. The average molecular weight is 366 g/mol. The van der Waals surface area contributed by atoms with Crippen LogP contribution >= 0.6 is 0 Å². The number of rotatable bonds is 4. The number of benzene rings is 1. The first-order valence-electron chi connectivity index (χ1n) is 9.16. The Hall–Kier alpha value is -2.93. The van der Waals surface area contributed by atoms with Gasteiger partial charge in [-0.25, -0.2) is 4.98 Å². The van der Waals surface area contributed by atoms with Gasteiger partial charge in [-0.2, -0.15) is 0 Å². The van der Waals surface area contributed by atoms with Gasteiger partial charge in [0.1, 0.15) is 17.4 Å². The van der Waals surface area contributed by atoms with Gasteiger partial charge in [0.15, 0.2) is 5.78 Å². The Morgan fingerprint density at radius 3 is 2.74 bits per heavy atom. The molecule has 1 fully saturated rings. The molecule has 2 aliphatic heterocycles. The number of carbonyl (C=O) groups excluding carboxylic acids is 2. The molecule has 2 aliphatic rings. The van der Waals surface area contributed by atoms with Crippen LogP contribution < -0.4 is 15.5 Å². The Labute approximate surface area is 157 Å². The molecule has 0 saturated carbocycles. The van der Waals surface area contributed by atoms with Gasteiger partial charge in [0, 0.05) is 26.2 Å². The number of nitrogens with one attached hydrogen (secondary N) is 2. The predicted molar refractivity (Wildman–Crippen MR) is 102 cm³/mol. The minimum Gasteiger partial charge on any atom is -0.382 e. The number of fused-ring (bicyclic) bond motifs is 1. The molecule has 4 rings (SSSR count). The Kier molecular flexibility index (Phi) is 5.02. The second-order valence-corrected chi connectivity index (χ2v) is 6.67. The highest BCUT2D eigenvalue weighted by Gasteiger charge is 2.34.